The molecule has 1 aliphatic heterocycles. The van der Waals surface area contributed by atoms with Crippen molar-refractivity contribution in [3.05, 3.63) is 34.1 Å². The number of halogens is 2. The van der Waals surface area contributed by atoms with Gasteiger partial charge in [-0.05, 0) is 51.0 Å². The van der Waals surface area contributed by atoms with Crippen LogP contribution in [0.5, 0.6) is 5.75 Å². The van der Waals surface area contributed by atoms with E-state index in [-0.39, 0.29) is 22.4 Å². The number of anilines is 1. The Morgan fingerprint density at radius 1 is 1.07 bits per heavy atom. The first kappa shape index (κ1) is 21.3. The van der Waals surface area contributed by atoms with Gasteiger partial charge in [-0.2, -0.15) is 0 Å². The molecule has 0 atom stereocenters. The van der Waals surface area contributed by atoms with E-state index in [1.54, 1.807) is 0 Å². The van der Waals surface area contributed by atoms with Crippen LogP contribution in [0.1, 0.15) is 51.9 Å². The van der Waals surface area contributed by atoms with Gasteiger partial charge in [0.15, 0.2) is 0 Å². The fourth-order valence-corrected chi connectivity index (χ4v) is 3.74. The van der Waals surface area contributed by atoms with Crippen LogP contribution in [0, 0.1) is 5.82 Å². The number of unbranched alkanes of at least 4 members (excludes halogenated alkanes) is 2. The molecule has 1 aromatic carbocycles. The van der Waals surface area contributed by atoms with Crippen molar-refractivity contribution in [1.29, 1.82) is 0 Å². The molecule has 6 nitrogen and oxygen atoms in total. The van der Waals surface area contributed by atoms with E-state index in [4.69, 9.17) is 21.1 Å². The molecule has 0 unspecified atom stereocenters. The number of rotatable bonds is 8. The molecule has 0 saturated carbocycles. The normalized spacial score (nSPS) is 16.3. The Labute approximate surface area is 173 Å². The summed E-state index contributed by atoms with van der Waals surface area (Å²) in [5.74, 6) is -1.75. The highest BCUT2D eigenvalue weighted by molar-refractivity contribution is 6.34. The maximum atomic E-state index is 14.6. The van der Waals surface area contributed by atoms with Crippen LogP contribution in [-0.4, -0.2) is 31.0 Å². The van der Waals surface area contributed by atoms with Gasteiger partial charge >= 0.3 is 5.97 Å². The van der Waals surface area contributed by atoms with Gasteiger partial charge in [0.2, 0.25) is 0 Å². The van der Waals surface area contributed by atoms with Crippen LogP contribution in [0.25, 0.3) is 0 Å². The van der Waals surface area contributed by atoms with Crippen LogP contribution in [0.4, 0.5) is 10.1 Å². The average Bonchev–Trinajstić information content (AvgIpc) is 2.93. The molecule has 2 amide bonds. The van der Waals surface area contributed by atoms with Gasteiger partial charge in [0.1, 0.15) is 11.6 Å². The number of esters is 1. The monoisotopic (exact) mass is 423 g/mol. The molecule has 0 fully saturated rings. The molecular weight excluding hydrogens is 401 g/mol. The molecule has 1 aliphatic carbocycles. The van der Waals surface area contributed by atoms with Crippen LogP contribution in [0.15, 0.2) is 23.3 Å². The molecule has 1 aromatic rings. The Morgan fingerprint density at radius 3 is 2.31 bits per heavy atom. The highest BCUT2D eigenvalue weighted by Crippen LogP contribution is 2.39. The van der Waals surface area contributed by atoms with Gasteiger partial charge in [0, 0.05) is 24.1 Å². The number of amides is 2. The quantitative estimate of drug-likeness (QED) is 0.353. The molecule has 2 aliphatic rings. The van der Waals surface area contributed by atoms with E-state index >= 15 is 0 Å². The molecule has 0 spiro atoms. The lowest BCUT2D eigenvalue weighted by Gasteiger charge is -2.18. The minimum Gasteiger partial charge on any atom is -0.492 e. The zero-order valence-electron chi connectivity index (χ0n) is 16.3. The Bertz CT molecular complexity index is 839. The second kappa shape index (κ2) is 9.39. The lowest BCUT2D eigenvalue weighted by Crippen LogP contribution is -2.32. The largest absolute Gasteiger partial charge is 0.492 e. The summed E-state index contributed by atoms with van der Waals surface area (Å²) < 4.78 is 25.0. The fraction of sp³-hybridized carbons (Fsp3) is 0.476. The Hall–Kier alpha value is -2.41. The van der Waals surface area contributed by atoms with E-state index in [1.165, 1.54) is 13.0 Å². The molecule has 0 bridgehead atoms. The number of nitrogens with zero attached hydrogens (tertiary/aromatic N) is 1. The summed E-state index contributed by atoms with van der Waals surface area (Å²) in [6, 6.07) is 2.37. The van der Waals surface area contributed by atoms with Crippen LogP contribution in [0.2, 0.25) is 5.02 Å². The van der Waals surface area contributed by atoms with Gasteiger partial charge in [-0.15, -0.1) is 0 Å². The number of hydrogen-bond donors (Lipinski definition) is 0. The predicted octanol–water partition coefficient (Wildman–Crippen LogP) is 4.34. The van der Waals surface area contributed by atoms with Crippen molar-refractivity contribution in [2.75, 3.05) is 18.1 Å². The van der Waals surface area contributed by atoms with Gasteiger partial charge < -0.3 is 9.47 Å². The lowest BCUT2D eigenvalue weighted by atomic mass is 9.93. The molecule has 1 heterocycles. The molecule has 156 valence electrons. The molecule has 8 heteroatoms. The number of carbonyl (C=O) groups excluding carboxylic acids is 3. The zero-order chi connectivity index (χ0) is 21.0. The van der Waals surface area contributed by atoms with Crippen molar-refractivity contribution in [2.45, 2.75) is 51.9 Å². The first-order valence-corrected chi connectivity index (χ1v) is 10.1. The zero-order valence-corrected chi connectivity index (χ0v) is 17.0. The van der Waals surface area contributed by atoms with Gasteiger partial charge in [-0.1, -0.05) is 11.6 Å². The molecule has 3 rings (SSSR count). The van der Waals surface area contributed by atoms with Gasteiger partial charge in [-0.3, -0.25) is 14.4 Å². The smallest absolute Gasteiger partial charge is 0.302 e. The van der Waals surface area contributed by atoms with Crippen LogP contribution in [0.3, 0.4) is 0 Å². The Balaban J connectivity index is 1.65. The average molecular weight is 424 g/mol. The molecule has 0 N–H and O–H groups in total. The molecule has 29 heavy (non-hydrogen) atoms. The SMILES string of the molecule is CC(=O)OCCCCCOc1cc(N2C(=O)C3=C(CCCC3)C2=O)c(F)cc1Cl. The summed E-state index contributed by atoms with van der Waals surface area (Å²) in [7, 11) is 0. The van der Waals surface area contributed by atoms with Crippen LogP contribution >= 0.6 is 11.6 Å². The first-order valence-electron chi connectivity index (χ1n) is 9.76. The van der Waals surface area contributed by atoms with Crippen molar-refractivity contribution in [2.24, 2.45) is 0 Å². The number of hydrogen-bond acceptors (Lipinski definition) is 5. The van der Waals surface area contributed by atoms with E-state index in [1.807, 2.05) is 0 Å². The third kappa shape index (κ3) is 4.78. The predicted molar refractivity (Wildman–Crippen MR) is 105 cm³/mol. The highest BCUT2D eigenvalue weighted by Gasteiger charge is 2.41. The van der Waals surface area contributed by atoms with Gasteiger partial charge in [0.05, 0.1) is 23.9 Å². The summed E-state index contributed by atoms with van der Waals surface area (Å²) >= 11 is 6.08. The van der Waals surface area contributed by atoms with Crippen molar-refractivity contribution in [3.63, 3.8) is 0 Å². The van der Waals surface area contributed by atoms with E-state index in [2.05, 4.69) is 0 Å². The maximum Gasteiger partial charge on any atom is 0.302 e. The number of benzene rings is 1. The molecule has 0 saturated heterocycles. The van der Waals surface area contributed by atoms with Crippen LogP contribution < -0.4 is 9.64 Å². The minimum atomic E-state index is -0.745. The fourth-order valence-electron chi connectivity index (χ4n) is 3.54. The van der Waals surface area contributed by atoms with Crippen LogP contribution in [-0.2, 0) is 19.1 Å². The summed E-state index contributed by atoms with van der Waals surface area (Å²) in [5.41, 5.74) is 0.848. The number of ether oxygens (including phenoxy) is 2. The van der Waals surface area contributed by atoms with E-state index < -0.39 is 17.6 Å². The third-order valence-electron chi connectivity index (χ3n) is 4.98. The standard InChI is InChI=1S/C21H23ClFNO5/c1-13(25)28-9-5-2-6-10-29-19-12-18(17(23)11-16(19)22)24-20(26)14-7-3-4-8-15(14)21(24)27/h11-12H,2-10H2,1H3. The van der Waals surface area contributed by atoms with E-state index in [0.29, 0.717) is 50.0 Å². The summed E-state index contributed by atoms with van der Waals surface area (Å²) in [6.07, 6.45) is 4.95. The molecule has 0 aromatic heterocycles. The summed E-state index contributed by atoms with van der Waals surface area (Å²) in [6.45, 7) is 2.04. The van der Waals surface area contributed by atoms with Gasteiger partial charge in [-0.25, -0.2) is 9.29 Å². The number of imide groups is 1. The first-order chi connectivity index (χ1) is 13.9. The maximum absolute atomic E-state index is 14.6. The second-order valence-electron chi connectivity index (χ2n) is 7.09. The topological polar surface area (TPSA) is 72.9 Å². The Kier molecular flexibility index (Phi) is 6.90. The highest BCUT2D eigenvalue weighted by atomic mass is 35.5. The van der Waals surface area contributed by atoms with Crippen molar-refractivity contribution >= 4 is 35.1 Å². The third-order valence-corrected chi connectivity index (χ3v) is 5.28. The second-order valence-corrected chi connectivity index (χ2v) is 7.50. The Morgan fingerprint density at radius 2 is 1.69 bits per heavy atom. The van der Waals surface area contributed by atoms with Crippen molar-refractivity contribution in [3.8, 4) is 5.75 Å². The molecule has 0 radical (unpaired) electrons. The minimum absolute atomic E-state index is 0.0722. The lowest BCUT2D eigenvalue weighted by molar-refractivity contribution is -0.141. The van der Waals surface area contributed by atoms with Crippen molar-refractivity contribution in [1.82, 2.24) is 0 Å². The van der Waals surface area contributed by atoms with E-state index in [0.717, 1.165) is 30.2 Å². The van der Waals surface area contributed by atoms with Crippen molar-refractivity contribution < 1.29 is 28.2 Å². The number of carbonyl (C=O) groups is 3. The van der Waals surface area contributed by atoms with E-state index in [9.17, 15) is 18.8 Å². The molecular formula is C21H23ClFNO5. The summed E-state index contributed by atoms with van der Waals surface area (Å²) in [5, 5.41) is 0.0722. The van der Waals surface area contributed by atoms with Gasteiger partial charge in [0.25, 0.3) is 11.8 Å². The summed E-state index contributed by atoms with van der Waals surface area (Å²) in [4.78, 5) is 37.0.